The van der Waals surface area contributed by atoms with Gasteiger partial charge in [-0.2, -0.15) is 0 Å². The van der Waals surface area contributed by atoms with Crippen LogP contribution in [0.3, 0.4) is 0 Å². The lowest BCUT2D eigenvalue weighted by atomic mass is 9.94. The molecule has 2 aromatic rings. The number of hydrogen-bond donors (Lipinski definition) is 1. The van der Waals surface area contributed by atoms with Gasteiger partial charge in [-0.25, -0.2) is 14.2 Å². The molecule has 0 radical (unpaired) electrons. The predicted octanol–water partition coefficient (Wildman–Crippen LogP) is 4.77. The molecule has 4 atom stereocenters. The first-order valence-corrected chi connectivity index (χ1v) is 12.6. The molecule has 1 N–H and O–H groups in total. The van der Waals surface area contributed by atoms with E-state index in [0.29, 0.717) is 48.3 Å². The largest absolute Gasteiger partial charge is 0.481 e. The van der Waals surface area contributed by atoms with Crippen LogP contribution < -0.4 is 10.1 Å². The Balaban J connectivity index is 1.51. The maximum Gasteiger partial charge on any atom is 0.407 e. The Bertz CT molecular complexity index is 1150. The Morgan fingerprint density at radius 2 is 2.08 bits per heavy atom. The molecule has 1 amide bonds. The number of amides is 1. The highest BCUT2D eigenvalue weighted by atomic mass is 19.1. The number of nitrogens with one attached hydrogen (secondary N) is 1. The maximum atomic E-state index is 14.7. The van der Waals surface area contributed by atoms with Crippen molar-refractivity contribution in [2.45, 2.75) is 89.6 Å². The van der Waals surface area contributed by atoms with Crippen LogP contribution in [-0.4, -0.2) is 65.5 Å². The highest BCUT2D eigenvalue weighted by molar-refractivity contribution is 5.84. The number of alkyl carbamates (subject to hydrolysis) is 1. The molecule has 0 bridgehead atoms. The van der Waals surface area contributed by atoms with E-state index in [0.717, 1.165) is 0 Å². The highest BCUT2D eigenvalue weighted by Crippen LogP contribution is 2.31. The van der Waals surface area contributed by atoms with Gasteiger partial charge in [0.15, 0.2) is 11.6 Å². The van der Waals surface area contributed by atoms with E-state index < -0.39 is 23.3 Å². The van der Waals surface area contributed by atoms with Gasteiger partial charge in [0.25, 0.3) is 0 Å². The quantitative estimate of drug-likeness (QED) is 0.585. The molecule has 0 aliphatic carbocycles. The molecule has 9 nitrogen and oxygen atoms in total. The Morgan fingerprint density at radius 1 is 1.30 bits per heavy atom. The van der Waals surface area contributed by atoms with Gasteiger partial charge in [-0.1, -0.05) is 12.2 Å². The molecule has 0 saturated carbocycles. The molecule has 2 aromatic heterocycles. The Morgan fingerprint density at radius 3 is 2.76 bits per heavy atom. The second kappa shape index (κ2) is 10.9. The van der Waals surface area contributed by atoms with Crippen LogP contribution in [0.15, 0.2) is 24.4 Å². The van der Waals surface area contributed by atoms with E-state index >= 15 is 0 Å². The third kappa shape index (κ3) is 7.15. The summed E-state index contributed by atoms with van der Waals surface area (Å²) >= 11 is 0. The average molecular weight is 518 g/mol. The number of ether oxygens (including phenoxy) is 5. The van der Waals surface area contributed by atoms with E-state index in [1.807, 2.05) is 40.7 Å². The van der Waals surface area contributed by atoms with Gasteiger partial charge in [-0.15, -0.1) is 0 Å². The molecule has 4 heterocycles. The lowest BCUT2D eigenvalue weighted by molar-refractivity contribution is -0.146. The second-order valence-electron chi connectivity index (χ2n) is 10.8. The fourth-order valence-electron chi connectivity index (χ4n) is 4.56. The van der Waals surface area contributed by atoms with Crippen molar-refractivity contribution >= 4 is 23.2 Å². The topological polar surface area (TPSA) is 101 Å². The molecule has 4 rings (SSSR count). The van der Waals surface area contributed by atoms with Gasteiger partial charge in [-0.05, 0) is 53.5 Å². The molecule has 2 aliphatic heterocycles. The van der Waals surface area contributed by atoms with Crippen LogP contribution >= 0.6 is 0 Å². The zero-order valence-corrected chi connectivity index (χ0v) is 22.2. The molecule has 37 heavy (non-hydrogen) atoms. The number of halogens is 1. The second-order valence-corrected chi connectivity index (χ2v) is 10.8. The Labute approximate surface area is 216 Å². The van der Waals surface area contributed by atoms with E-state index in [1.165, 1.54) is 13.3 Å². The number of fused-ring (bicyclic) bond motifs is 1. The standard InChI is InChI=1S/C27H36FN3O6/c1-26(2,3)37-25(32)30-20-10-8-16(35-22(20)13-17-15-34-27(4,5)36-17)7-9-18-19(28)14-29-21-11-12-23(33-6)31-24(18)21/h7,9,11-12,14,16-17,20,22H,8,10,13,15H2,1-6H3,(H,30,32)/t16-,17?,20-,22-/m1/s1. The van der Waals surface area contributed by atoms with Gasteiger partial charge in [0.05, 0.1) is 49.8 Å². The summed E-state index contributed by atoms with van der Waals surface area (Å²) in [4.78, 5) is 21.0. The van der Waals surface area contributed by atoms with Gasteiger partial charge in [0.2, 0.25) is 5.88 Å². The van der Waals surface area contributed by atoms with E-state index in [4.69, 9.17) is 23.7 Å². The number of hydrogen-bond acceptors (Lipinski definition) is 8. The first kappa shape index (κ1) is 27.2. The molecule has 2 fully saturated rings. The van der Waals surface area contributed by atoms with Gasteiger partial charge in [0.1, 0.15) is 11.1 Å². The summed E-state index contributed by atoms with van der Waals surface area (Å²) in [5.41, 5.74) is 0.673. The number of pyridine rings is 2. The molecule has 202 valence electrons. The van der Waals surface area contributed by atoms with E-state index in [1.54, 1.807) is 18.2 Å². The minimum Gasteiger partial charge on any atom is -0.481 e. The van der Waals surface area contributed by atoms with Crippen LogP contribution in [0.4, 0.5) is 9.18 Å². The monoisotopic (exact) mass is 517 g/mol. The van der Waals surface area contributed by atoms with E-state index in [9.17, 15) is 9.18 Å². The van der Waals surface area contributed by atoms with Crippen molar-refractivity contribution in [3.63, 3.8) is 0 Å². The first-order chi connectivity index (χ1) is 17.4. The van der Waals surface area contributed by atoms with Crippen molar-refractivity contribution in [3.8, 4) is 5.88 Å². The fraction of sp³-hybridized carbons (Fsp3) is 0.593. The van der Waals surface area contributed by atoms with Crippen molar-refractivity contribution in [3.05, 3.63) is 35.8 Å². The summed E-state index contributed by atoms with van der Waals surface area (Å²) in [6.07, 6.45) is 5.17. The number of nitrogens with zero attached hydrogens (tertiary/aromatic N) is 2. The zero-order chi connectivity index (χ0) is 26.8. The third-order valence-corrected chi connectivity index (χ3v) is 6.19. The number of methoxy groups -OCH3 is 1. The maximum absolute atomic E-state index is 14.7. The summed E-state index contributed by atoms with van der Waals surface area (Å²) in [5, 5.41) is 2.96. The fourth-order valence-corrected chi connectivity index (χ4v) is 4.56. The summed E-state index contributed by atoms with van der Waals surface area (Å²) < 4.78 is 43.5. The van der Waals surface area contributed by atoms with Crippen molar-refractivity contribution < 1.29 is 32.9 Å². The van der Waals surface area contributed by atoms with Crippen molar-refractivity contribution in [1.82, 2.24) is 15.3 Å². The van der Waals surface area contributed by atoms with E-state index in [2.05, 4.69) is 15.3 Å². The van der Waals surface area contributed by atoms with Crippen molar-refractivity contribution in [2.24, 2.45) is 0 Å². The summed E-state index contributed by atoms with van der Waals surface area (Å²) in [7, 11) is 1.51. The summed E-state index contributed by atoms with van der Waals surface area (Å²) in [5.74, 6) is -0.776. The molecular weight excluding hydrogens is 481 g/mol. The minimum absolute atomic E-state index is 0.177. The van der Waals surface area contributed by atoms with Gasteiger partial charge in [0, 0.05) is 18.1 Å². The van der Waals surface area contributed by atoms with Crippen LogP contribution in [0.25, 0.3) is 17.1 Å². The SMILES string of the molecule is COc1ccc2ncc(F)c(C=C[C@@H]3CC[C@@H](NC(=O)OC(C)(C)C)[C@@H](CC4COC(C)(C)O4)O3)c2n1. The normalized spacial score (nSPS) is 25.9. The molecule has 0 spiro atoms. The Hall–Kier alpha value is -2.82. The summed E-state index contributed by atoms with van der Waals surface area (Å²) in [6.45, 7) is 9.64. The first-order valence-electron chi connectivity index (χ1n) is 12.6. The molecule has 2 saturated heterocycles. The molecule has 10 heteroatoms. The molecule has 1 unspecified atom stereocenters. The van der Waals surface area contributed by atoms with Crippen LogP contribution in [0.5, 0.6) is 5.88 Å². The number of rotatable bonds is 6. The van der Waals surface area contributed by atoms with Crippen LogP contribution in [0, 0.1) is 5.82 Å². The van der Waals surface area contributed by atoms with Crippen LogP contribution in [0.2, 0.25) is 0 Å². The molecular formula is C27H36FN3O6. The van der Waals surface area contributed by atoms with Crippen LogP contribution in [-0.2, 0) is 18.9 Å². The average Bonchev–Trinajstić information content (AvgIpc) is 3.16. The minimum atomic E-state index is -0.666. The zero-order valence-electron chi connectivity index (χ0n) is 22.2. The van der Waals surface area contributed by atoms with Gasteiger partial charge in [-0.3, -0.25) is 4.98 Å². The molecule has 2 aliphatic rings. The van der Waals surface area contributed by atoms with E-state index in [-0.39, 0.29) is 24.4 Å². The predicted molar refractivity (Wildman–Crippen MR) is 136 cm³/mol. The van der Waals surface area contributed by atoms with Gasteiger partial charge < -0.3 is 29.0 Å². The number of aromatic nitrogens is 2. The van der Waals surface area contributed by atoms with Crippen LogP contribution in [0.1, 0.15) is 59.4 Å². The smallest absolute Gasteiger partial charge is 0.407 e. The number of carbonyl (C=O) groups excluding carboxylic acids is 1. The molecule has 0 aromatic carbocycles. The summed E-state index contributed by atoms with van der Waals surface area (Å²) in [6, 6.07) is 3.16. The lowest BCUT2D eigenvalue weighted by Gasteiger charge is -2.37. The third-order valence-electron chi connectivity index (χ3n) is 6.19. The number of carbonyl (C=O) groups is 1. The lowest BCUT2D eigenvalue weighted by Crippen LogP contribution is -2.51. The Kier molecular flexibility index (Phi) is 8.01. The van der Waals surface area contributed by atoms with Gasteiger partial charge >= 0.3 is 6.09 Å². The highest BCUT2D eigenvalue weighted by Gasteiger charge is 2.39. The van der Waals surface area contributed by atoms with Crippen molar-refractivity contribution in [1.29, 1.82) is 0 Å². The van der Waals surface area contributed by atoms with Crippen molar-refractivity contribution in [2.75, 3.05) is 13.7 Å².